The molecule has 0 unspecified atom stereocenters. The van der Waals surface area contributed by atoms with Crippen molar-refractivity contribution in [1.82, 2.24) is 0 Å². The molecule has 0 radical (unpaired) electrons. The van der Waals surface area contributed by atoms with Crippen LogP contribution >= 0.6 is 34.7 Å². The Morgan fingerprint density at radius 2 is 1.76 bits per heavy atom. The molecule has 0 saturated heterocycles. The summed E-state index contributed by atoms with van der Waals surface area (Å²) in [7, 11) is -4.12. The van der Waals surface area contributed by atoms with Crippen LogP contribution in [-0.2, 0) is 19.6 Å². The Morgan fingerprint density at radius 3 is 2.33 bits per heavy atom. The van der Waals surface area contributed by atoms with Gasteiger partial charge in [-0.05, 0) is 36.4 Å². The summed E-state index contributed by atoms with van der Waals surface area (Å²) in [4.78, 5) is 25.5. The number of anilines is 2. The molecule has 3 rings (SSSR count). The lowest BCUT2D eigenvalue weighted by Crippen LogP contribution is -2.30. The standard InChI is InChI=1S/C22H20ClN3O4S3/c1-16(14-20(28)24-17-8-4-2-5-9-17)31-22(26(15-27)18-10-6-3-7-11-18)25-33(29,30)21-13-12-19(23)32-21/h2-13,15-16H,14H2,1H3,(H,24,28)/t16-/m0/s1. The first-order valence-electron chi connectivity index (χ1n) is 9.70. The van der Waals surface area contributed by atoms with Crippen molar-refractivity contribution in [2.75, 3.05) is 10.2 Å². The molecular formula is C22H20ClN3O4S3. The van der Waals surface area contributed by atoms with Crippen molar-refractivity contribution in [2.45, 2.75) is 22.8 Å². The maximum Gasteiger partial charge on any atom is 0.294 e. The molecule has 11 heteroatoms. The number of benzene rings is 2. The van der Waals surface area contributed by atoms with Gasteiger partial charge in [-0.1, -0.05) is 66.7 Å². The molecular weight excluding hydrogens is 502 g/mol. The quantitative estimate of drug-likeness (QED) is 0.248. The zero-order chi connectivity index (χ0) is 23.8. The third-order valence-electron chi connectivity index (χ3n) is 4.18. The fraction of sp³-hybridized carbons (Fsp3) is 0.136. The molecule has 172 valence electrons. The highest BCUT2D eigenvalue weighted by atomic mass is 35.5. The van der Waals surface area contributed by atoms with E-state index in [1.54, 1.807) is 49.4 Å². The van der Waals surface area contributed by atoms with Crippen molar-refractivity contribution >= 4 is 73.6 Å². The van der Waals surface area contributed by atoms with E-state index in [4.69, 9.17) is 11.6 Å². The average molecular weight is 522 g/mol. The molecule has 0 bridgehead atoms. The predicted molar refractivity (Wildman–Crippen MR) is 136 cm³/mol. The first-order valence-corrected chi connectivity index (χ1v) is 13.2. The van der Waals surface area contributed by atoms with Gasteiger partial charge in [-0.2, -0.15) is 8.42 Å². The highest BCUT2D eigenvalue weighted by Crippen LogP contribution is 2.30. The maximum absolute atomic E-state index is 12.9. The molecule has 2 amide bonds. The number of carbonyl (C=O) groups excluding carboxylic acids is 2. The molecule has 2 aromatic carbocycles. The van der Waals surface area contributed by atoms with E-state index in [0.29, 0.717) is 22.1 Å². The van der Waals surface area contributed by atoms with Crippen LogP contribution in [0.3, 0.4) is 0 Å². The summed E-state index contributed by atoms with van der Waals surface area (Å²) in [6.07, 6.45) is 0.569. The second kappa shape index (κ2) is 11.5. The minimum atomic E-state index is -4.12. The summed E-state index contributed by atoms with van der Waals surface area (Å²) < 4.78 is 30.0. The van der Waals surface area contributed by atoms with Crippen molar-refractivity contribution in [3.8, 4) is 0 Å². The Morgan fingerprint density at radius 1 is 1.12 bits per heavy atom. The zero-order valence-electron chi connectivity index (χ0n) is 17.4. The number of hydrogen-bond acceptors (Lipinski definition) is 6. The summed E-state index contributed by atoms with van der Waals surface area (Å²) in [5.74, 6) is -0.245. The van der Waals surface area contributed by atoms with Crippen molar-refractivity contribution in [1.29, 1.82) is 0 Å². The van der Waals surface area contributed by atoms with E-state index in [0.717, 1.165) is 28.0 Å². The lowest BCUT2D eigenvalue weighted by atomic mass is 10.3. The third-order valence-corrected chi connectivity index (χ3v) is 8.33. The maximum atomic E-state index is 12.9. The molecule has 1 aromatic heterocycles. The monoisotopic (exact) mass is 521 g/mol. The van der Waals surface area contributed by atoms with Crippen molar-refractivity contribution in [3.05, 3.63) is 77.1 Å². The van der Waals surface area contributed by atoms with Crippen LogP contribution in [0.15, 0.2) is 81.4 Å². The van der Waals surface area contributed by atoms with Crippen LogP contribution in [0.4, 0.5) is 11.4 Å². The number of halogens is 1. The summed E-state index contributed by atoms with van der Waals surface area (Å²) in [5.41, 5.74) is 1.10. The van der Waals surface area contributed by atoms with Crippen LogP contribution in [0.2, 0.25) is 4.34 Å². The van der Waals surface area contributed by atoms with Crippen LogP contribution < -0.4 is 10.2 Å². The number of amides is 2. The third kappa shape index (κ3) is 7.16. The number of rotatable bonds is 8. The Kier molecular flexibility index (Phi) is 8.67. The van der Waals surface area contributed by atoms with Gasteiger partial charge >= 0.3 is 0 Å². The van der Waals surface area contributed by atoms with Crippen LogP contribution in [0.5, 0.6) is 0 Å². The molecule has 1 N–H and O–H groups in total. The molecule has 1 atom stereocenters. The van der Waals surface area contributed by atoms with Gasteiger partial charge < -0.3 is 5.32 Å². The van der Waals surface area contributed by atoms with Gasteiger partial charge in [0, 0.05) is 17.4 Å². The van der Waals surface area contributed by atoms with Crippen LogP contribution in [0.25, 0.3) is 0 Å². The number of amidine groups is 1. The van der Waals surface area contributed by atoms with Crippen molar-refractivity contribution < 1.29 is 18.0 Å². The molecule has 0 spiro atoms. The Bertz CT molecular complexity index is 1230. The summed E-state index contributed by atoms with van der Waals surface area (Å²) >= 11 is 7.77. The fourth-order valence-corrected chi connectivity index (χ4v) is 6.39. The molecule has 0 aliphatic rings. The Balaban J connectivity index is 1.86. The van der Waals surface area contributed by atoms with E-state index in [2.05, 4.69) is 9.71 Å². The Labute approximate surface area is 205 Å². The lowest BCUT2D eigenvalue weighted by Gasteiger charge is -2.21. The van der Waals surface area contributed by atoms with Gasteiger partial charge in [0.1, 0.15) is 4.21 Å². The SMILES string of the molecule is C[C@@H](CC(=O)Nc1ccccc1)SC(=NS(=O)(=O)c1ccc(Cl)s1)N(C=O)c1ccccc1. The predicted octanol–water partition coefficient (Wildman–Crippen LogP) is 5.26. The van der Waals surface area contributed by atoms with Gasteiger partial charge in [0.05, 0.1) is 10.0 Å². The molecule has 0 fully saturated rings. The number of nitrogens with zero attached hydrogens (tertiary/aromatic N) is 2. The van der Waals surface area contributed by atoms with E-state index in [9.17, 15) is 18.0 Å². The summed E-state index contributed by atoms with van der Waals surface area (Å²) in [5, 5.41) is 2.33. The van der Waals surface area contributed by atoms with Crippen LogP contribution in [0.1, 0.15) is 13.3 Å². The zero-order valence-corrected chi connectivity index (χ0v) is 20.6. The summed E-state index contributed by atoms with van der Waals surface area (Å²) in [6.45, 7) is 1.76. The number of thiophene rings is 1. The van der Waals surface area contributed by atoms with Gasteiger partial charge in [-0.15, -0.1) is 15.7 Å². The highest BCUT2D eigenvalue weighted by molar-refractivity contribution is 8.15. The molecule has 1 heterocycles. The van der Waals surface area contributed by atoms with Crippen molar-refractivity contribution in [2.24, 2.45) is 4.40 Å². The van der Waals surface area contributed by atoms with E-state index < -0.39 is 10.0 Å². The highest BCUT2D eigenvalue weighted by Gasteiger charge is 2.24. The van der Waals surface area contributed by atoms with Gasteiger partial charge in [0.15, 0.2) is 5.17 Å². The van der Waals surface area contributed by atoms with E-state index >= 15 is 0 Å². The number of thioether (sulfide) groups is 1. The van der Waals surface area contributed by atoms with Gasteiger partial charge in [-0.3, -0.25) is 14.5 Å². The normalized spacial score (nSPS) is 12.7. The largest absolute Gasteiger partial charge is 0.326 e. The van der Waals surface area contributed by atoms with Gasteiger partial charge in [0.2, 0.25) is 12.3 Å². The topological polar surface area (TPSA) is 95.9 Å². The van der Waals surface area contributed by atoms with Crippen LogP contribution in [-0.4, -0.2) is 31.2 Å². The van der Waals surface area contributed by atoms with E-state index in [1.807, 2.05) is 18.2 Å². The molecule has 0 aliphatic carbocycles. The second-order valence-electron chi connectivity index (χ2n) is 6.77. The first-order chi connectivity index (χ1) is 15.8. The molecule has 33 heavy (non-hydrogen) atoms. The minimum Gasteiger partial charge on any atom is -0.326 e. The Hall–Kier alpha value is -2.66. The summed E-state index contributed by atoms with van der Waals surface area (Å²) in [6, 6.07) is 20.4. The minimum absolute atomic E-state index is 0.0426. The number of nitrogens with one attached hydrogen (secondary N) is 1. The van der Waals surface area contributed by atoms with Crippen LogP contribution in [0, 0.1) is 0 Å². The van der Waals surface area contributed by atoms with Crippen molar-refractivity contribution in [3.63, 3.8) is 0 Å². The molecule has 0 saturated carbocycles. The second-order valence-corrected chi connectivity index (χ2v) is 11.7. The fourth-order valence-electron chi connectivity index (χ4n) is 2.73. The number of para-hydroxylation sites is 2. The number of hydrogen-bond donors (Lipinski definition) is 1. The van der Waals surface area contributed by atoms with E-state index in [-0.39, 0.29) is 27.0 Å². The number of sulfonamides is 1. The lowest BCUT2D eigenvalue weighted by molar-refractivity contribution is -0.116. The molecule has 7 nitrogen and oxygen atoms in total. The average Bonchev–Trinajstić information content (AvgIpc) is 3.22. The van der Waals surface area contributed by atoms with E-state index in [1.165, 1.54) is 12.1 Å². The first kappa shape index (κ1) is 25.0. The van der Waals surface area contributed by atoms with Gasteiger partial charge in [-0.25, -0.2) is 0 Å². The number of carbonyl (C=O) groups is 2. The molecule has 0 aliphatic heterocycles. The smallest absolute Gasteiger partial charge is 0.294 e. The van der Waals surface area contributed by atoms with Gasteiger partial charge in [0.25, 0.3) is 10.0 Å². The molecule has 3 aromatic rings.